The first-order valence-electron chi connectivity index (χ1n) is 6.44. The topological polar surface area (TPSA) is 58.4 Å². The van der Waals surface area contributed by atoms with Gasteiger partial charge in [0.2, 0.25) is 5.91 Å². The molecule has 2 fully saturated rings. The number of amides is 1. The summed E-state index contributed by atoms with van der Waals surface area (Å²) >= 11 is 0. The van der Waals surface area contributed by atoms with Gasteiger partial charge in [0.15, 0.2) is 0 Å². The second-order valence-electron chi connectivity index (χ2n) is 5.31. The van der Waals surface area contributed by atoms with Gasteiger partial charge >= 0.3 is 0 Å². The zero-order valence-corrected chi connectivity index (χ0v) is 10.1. The van der Waals surface area contributed by atoms with Crippen molar-refractivity contribution in [2.45, 2.75) is 44.7 Å². The molecule has 92 valence electrons. The van der Waals surface area contributed by atoms with Gasteiger partial charge < -0.3 is 11.1 Å². The van der Waals surface area contributed by atoms with Crippen LogP contribution >= 0.6 is 0 Å². The highest BCUT2D eigenvalue weighted by atomic mass is 16.1. The minimum absolute atomic E-state index is 0.207. The van der Waals surface area contributed by atoms with Crippen LogP contribution in [0.25, 0.3) is 0 Å². The van der Waals surface area contributed by atoms with Crippen molar-refractivity contribution in [3.05, 3.63) is 0 Å². The van der Waals surface area contributed by atoms with Crippen LogP contribution in [0.4, 0.5) is 0 Å². The Kier molecular flexibility index (Phi) is 3.82. The van der Waals surface area contributed by atoms with Crippen LogP contribution in [-0.2, 0) is 4.79 Å². The van der Waals surface area contributed by atoms with Crippen molar-refractivity contribution in [2.24, 2.45) is 11.7 Å². The Hall–Kier alpha value is -0.610. The summed E-state index contributed by atoms with van der Waals surface area (Å²) in [6.07, 6.45) is 5.09. The molecule has 1 heterocycles. The van der Waals surface area contributed by atoms with E-state index in [0.29, 0.717) is 18.5 Å². The van der Waals surface area contributed by atoms with E-state index in [9.17, 15) is 4.79 Å². The van der Waals surface area contributed by atoms with E-state index in [4.69, 9.17) is 5.73 Å². The molecule has 2 aliphatic rings. The van der Waals surface area contributed by atoms with Gasteiger partial charge in [-0.2, -0.15) is 0 Å². The summed E-state index contributed by atoms with van der Waals surface area (Å²) < 4.78 is 0. The van der Waals surface area contributed by atoms with Crippen LogP contribution in [0.15, 0.2) is 0 Å². The van der Waals surface area contributed by atoms with Crippen molar-refractivity contribution >= 4 is 5.91 Å². The number of nitrogens with one attached hydrogen (secondary N) is 1. The molecule has 1 saturated carbocycles. The highest BCUT2D eigenvalue weighted by Gasteiger charge is 2.31. The average Bonchev–Trinajstić information content (AvgIpc) is 3.00. The third-order valence-corrected chi connectivity index (χ3v) is 3.62. The smallest absolute Gasteiger partial charge is 0.231 e. The number of rotatable bonds is 5. The minimum atomic E-state index is -0.207. The summed E-state index contributed by atoms with van der Waals surface area (Å²) in [7, 11) is 0. The molecule has 1 aliphatic carbocycles. The Morgan fingerprint density at radius 2 is 2.12 bits per heavy atom. The highest BCUT2D eigenvalue weighted by molar-refractivity contribution is 5.75. The Bertz CT molecular complexity index is 253. The van der Waals surface area contributed by atoms with Crippen molar-refractivity contribution < 1.29 is 4.79 Å². The van der Waals surface area contributed by atoms with E-state index in [2.05, 4.69) is 17.1 Å². The molecule has 3 N–H and O–H groups in total. The van der Waals surface area contributed by atoms with Crippen molar-refractivity contribution in [1.29, 1.82) is 0 Å². The van der Waals surface area contributed by atoms with Crippen molar-refractivity contribution in [1.82, 2.24) is 10.2 Å². The summed E-state index contributed by atoms with van der Waals surface area (Å²) in [6, 6.07) is 1.31. The van der Waals surface area contributed by atoms with E-state index in [1.807, 2.05) is 0 Å². The van der Waals surface area contributed by atoms with E-state index in [-0.39, 0.29) is 5.91 Å². The van der Waals surface area contributed by atoms with Crippen LogP contribution in [0.2, 0.25) is 0 Å². The zero-order valence-electron chi connectivity index (χ0n) is 10.1. The first-order chi connectivity index (χ1) is 7.67. The average molecular weight is 225 g/mol. The van der Waals surface area contributed by atoms with E-state index in [0.717, 1.165) is 19.1 Å². The van der Waals surface area contributed by atoms with Gasteiger partial charge in [-0.3, -0.25) is 9.69 Å². The molecule has 2 atom stereocenters. The lowest BCUT2D eigenvalue weighted by molar-refractivity contribution is -0.119. The highest BCUT2D eigenvalue weighted by Crippen LogP contribution is 2.24. The van der Waals surface area contributed by atoms with E-state index >= 15 is 0 Å². The number of hydrogen-bond acceptors (Lipinski definition) is 3. The third-order valence-electron chi connectivity index (χ3n) is 3.62. The van der Waals surface area contributed by atoms with Crippen LogP contribution in [-0.4, -0.2) is 42.5 Å². The number of piperidine rings is 1. The Morgan fingerprint density at radius 3 is 2.69 bits per heavy atom. The molecule has 2 rings (SSSR count). The van der Waals surface area contributed by atoms with Crippen LogP contribution in [0.1, 0.15) is 32.6 Å². The fourth-order valence-corrected chi connectivity index (χ4v) is 2.65. The van der Waals surface area contributed by atoms with Crippen molar-refractivity contribution in [3.63, 3.8) is 0 Å². The molecule has 2 unspecified atom stereocenters. The summed E-state index contributed by atoms with van der Waals surface area (Å²) in [5.74, 6) is 0.506. The number of nitrogens with zero attached hydrogens (tertiary/aromatic N) is 1. The molecule has 0 spiro atoms. The van der Waals surface area contributed by atoms with Gasteiger partial charge in [-0.15, -0.1) is 0 Å². The van der Waals surface area contributed by atoms with Crippen molar-refractivity contribution in [2.75, 3.05) is 19.6 Å². The first-order valence-corrected chi connectivity index (χ1v) is 6.44. The molecule has 0 aromatic heterocycles. The van der Waals surface area contributed by atoms with Gasteiger partial charge in [0.25, 0.3) is 0 Å². The summed E-state index contributed by atoms with van der Waals surface area (Å²) in [4.78, 5) is 13.2. The number of primary amides is 1. The number of carbonyl (C=O) groups excluding carboxylic acids is 1. The fourth-order valence-electron chi connectivity index (χ4n) is 2.65. The largest absolute Gasteiger partial charge is 0.369 e. The predicted molar refractivity (Wildman–Crippen MR) is 64.0 cm³/mol. The molecule has 1 amide bonds. The molecular weight excluding hydrogens is 202 g/mol. The SMILES string of the molecule is CCC1CC(NC2CC2)CN(CC(N)=O)C1. The maximum Gasteiger partial charge on any atom is 0.231 e. The fraction of sp³-hybridized carbons (Fsp3) is 0.917. The van der Waals surface area contributed by atoms with Gasteiger partial charge in [0, 0.05) is 25.2 Å². The monoisotopic (exact) mass is 225 g/mol. The van der Waals surface area contributed by atoms with Crippen LogP contribution in [0.5, 0.6) is 0 Å². The summed E-state index contributed by atoms with van der Waals surface area (Å²) in [5, 5.41) is 3.67. The molecule has 4 heteroatoms. The zero-order chi connectivity index (χ0) is 11.5. The Balaban J connectivity index is 1.85. The maximum atomic E-state index is 11.0. The Morgan fingerprint density at radius 1 is 1.38 bits per heavy atom. The lowest BCUT2D eigenvalue weighted by Gasteiger charge is -2.37. The molecule has 0 radical (unpaired) electrons. The molecule has 1 saturated heterocycles. The number of likely N-dealkylation sites (tertiary alicyclic amines) is 1. The maximum absolute atomic E-state index is 11.0. The summed E-state index contributed by atoms with van der Waals surface area (Å²) in [6.45, 7) is 4.66. The van der Waals surface area contributed by atoms with Crippen LogP contribution in [0.3, 0.4) is 0 Å². The second-order valence-corrected chi connectivity index (χ2v) is 5.31. The predicted octanol–water partition coefficient (Wildman–Crippen LogP) is 0.324. The standard InChI is InChI=1S/C12H23N3O/c1-2-9-5-11(14-10-3-4-10)7-15(6-9)8-12(13)16/h9-11,14H,2-8H2,1H3,(H2,13,16). The number of nitrogens with two attached hydrogens (primary N) is 1. The summed E-state index contributed by atoms with van der Waals surface area (Å²) in [5.41, 5.74) is 5.27. The lowest BCUT2D eigenvalue weighted by Crippen LogP contribution is -2.51. The van der Waals surface area contributed by atoms with Crippen LogP contribution < -0.4 is 11.1 Å². The van der Waals surface area contributed by atoms with Gasteiger partial charge in [-0.1, -0.05) is 13.3 Å². The molecule has 0 bridgehead atoms. The lowest BCUT2D eigenvalue weighted by atomic mass is 9.92. The third kappa shape index (κ3) is 3.46. The van der Waals surface area contributed by atoms with E-state index in [1.165, 1.54) is 25.7 Å². The molecule has 1 aliphatic heterocycles. The molecular formula is C12H23N3O. The Labute approximate surface area is 97.6 Å². The van der Waals surface area contributed by atoms with Crippen molar-refractivity contribution in [3.8, 4) is 0 Å². The van der Waals surface area contributed by atoms with Gasteiger partial charge in [0.05, 0.1) is 6.54 Å². The molecule has 0 aromatic carbocycles. The second kappa shape index (κ2) is 5.15. The van der Waals surface area contributed by atoms with E-state index < -0.39 is 0 Å². The van der Waals surface area contributed by atoms with E-state index in [1.54, 1.807) is 0 Å². The van der Waals surface area contributed by atoms with Crippen LogP contribution in [0, 0.1) is 5.92 Å². The van der Waals surface area contributed by atoms with Gasteiger partial charge in [0.1, 0.15) is 0 Å². The number of carbonyl (C=O) groups is 1. The first kappa shape index (κ1) is 11.9. The molecule has 4 nitrogen and oxygen atoms in total. The number of hydrogen-bond donors (Lipinski definition) is 2. The minimum Gasteiger partial charge on any atom is -0.369 e. The molecule has 0 aromatic rings. The van der Waals surface area contributed by atoms with Gasteiger partial charge in [-0.25, -0.2) is 0 Å². The van der Waals surface area contributed by atoms with Gasteiger partial charge in [-0.05, 0) is 25.2 Å². The molecule has 16 heavy (non-hydrogen) atoms. The quantitative estimate of drug-likeness (QED) is 0.708. The normalized spacial score (nSPS) is 31.6.